The molecule has 1 heterocycles. The molecule has 8 heteroatoms. The first-order chi connectivity index (χ1) is 12.9. The Bertz CT molecular complexity index is 974. The van der Waals surface area contributed by atoms with Crippen molar-refractivity contribution < 1.29 is 13.9 Å². The molecule has 1 amide bonds. The van der Waals surface area contributed by atoms with Crippen LogP contribution in [0.15, 0.2) is 48.7 Å². The minimum absolute atomic E-state index is 0.111. The summed E-state index contributed by atoms with van der Waals surface area (Å²) in [6.45, 7) is 3.66. The van der Waals surface area contributed by atoms with E-state index < -0.39 is 11.7 Å². The van der Waals surface area contributed by atoms with Gasteiger partial charge in [0.1, 0.15) is 0 Å². The van der Waals surface area contributed by atoms with Gasteiger partial charge in [0.15, 0.2) is 17.3 Å². The number of hydrogen-bond acceptors (Lipinski definition) is 4. The lowest BCUT2D eigenvalue weighted by atomic mass is 10.2. The third kappa shape index (κ3) is 3.78. The van der Waals surface area contributed by atoms with Gasteiger partial charge in [-0.1, -0.05) is 28.9 Å². The first-order valence-electron chi connectivity index (χ1n) is 8.26. The number of carbonyl (C=O) groups excluding carboxylic acids is 1. The standard InChI is InChI=1S/C19H18ClFN4O2/c1-12(2)25(13-8-9-18(27-3)15(21)10-13)19(26)16-11-24(23-22-16)17-7-5-4-6-14(17)20/h4-12H,1-3H3. The zero-order valence-corrected chi connectivity index (χ0v) is 15.8. The highest BCUT2D eigenvalue weighted by molar-refractivity contribution is 6.32. The summed E-state index contributed by atoms with van der Waals surface area (Å²) in [5, 5.41) is 8.44. The summed E-state index contributed by atoms with van der Waals surface area (Å²) < 4.78 is 20.5. The Morgan fingerprint density at radius 1 is 1.26 bits per heavy atom. The van der Waals surface area contributed by atoms with Crippen LogP contribution in [0.3, 0.4) is 0 Å². The van der Waals surface area contributed by atoms with Gasteiger partial charge in [-0.15, -0.1) is 5.10 Å². The van der Waals surface area contributed by atoms with E-state index in [0.29, 0.717) is 16.4 Å². The van der Waals surface area contributed by atoms with E-state index in [2.05, 4.69) is 10.3 Å². The Kier molecular flexibility index (Phi) is 5.41. The molecule has 6 nitrogen and oxygen atoms in total. The minimum Gasteiger partial charge on any atom is -0.494 e. The number of rotatable bonds is 5. The fraction of sp³-hybridized carbons (Fsp3) is 0.211. The molecule has 3 aromatic rings. The summed E-state index contributed by atoms with van der Waals surface area (Å²) in [5.74, 6) is -0.833. The van der Waals surface area contributed by atoms with Crippen LogP contribution in [0.4, 0.5) is 10.1 Å². The van der Waals surface area contributed by atoms with Crippen molar-refractivity contribution in [2.45, 2.75) is 19.9 Å². The number of carbonyl (C=O) groups is 1. The van der Waals surface area contributed by atoms with E-state index in [1.807, 2.05) is 19.9 Å². The Balaban J connectivity index is 1.95. The third-order valence-corrected chi connectivity index (χ3v) is 4.28. The van der Waals surface area contributed by atoms with Gasteiger partial charge in [0, 0.05) is 17.8 Å². The first kappa shape index (κ1) is 18.8. The molecule has 0 bridgehead atoms. The summed E-state index contributed by atoms with van der Waals surface area (Å²) in [6, 6.07) is 11.2. The van der Waals surface area contributed by atoms with Crippen LogP contribution in [-0.4, -0.2) is 34.1 Å². The zero-order valence-electron chi connectivity index (χ0n) is 15.1. The van der Waals surface area contributed by atoms with Crippen molar-refractivity contribution in [3.63, 3.8) is 0 Å². The van der Waals surface area contributed by atoms with Crippen molar-refractivity contribution in [2.24, 2.45) is 0 Å². The second kappa shape index (κ2) is 7.75. The smallest absolute Gasteiger partial charge is 0.280 e. The van der Waals surface area contributed by atoms with Crippen LogP contribution in [0, 0.1) is 5.82 Å². The molecule has 0 aliphatic heterocycles. The number of benzene rings is 2. The molecule has 0 N–H and O–H groups in total. The van der Waals surface area contributed by atoms with Crippen LogP contribution >= 0.6 is 11.6 Å². The summed E-state index contributed by atoms with van der Waals surface area (Å²) in [5.41, 5.74) is 1.14. The lowest BCUT2D eigenvalue weighted by Gasteiger charge is -2.26. The quantitative estimate of drug-likeness (QED) is 0.659. The number of anilines is 1. The number of ether oxygens (including phenoxy) is 1. The molecule has 0 saturated carbocycles. The van der Waals surface area contributed by atoms with Crippen molar-refractivity contribution in [3.8, 4) is 11.4 Å². The highest BCUT2D eigenvalue weighted by Crippen LogP contribution is 2.26. The van der Waals surface area contributed by atoms with Crippen LogP contribution in [-0.2, 0) is 0 Å². The van der Waals surface area contributed by atoms with Crippen molar-refractivity contribution in [3.05, 3.63) is 65.2 Å². The van der Waals surface area contributed by atoms with Crippen LogP contribution in [0.25, 0.3) is 5.69 Å². The fourth-order valence-corrected chi connectivity index (χ4v) is 2.92. The number of methoxy groups -OCH3 is 1. The molecule has 2 aromatic carbocycles. The molecule has 0 radical (unpaired) electrons. The Morgan fingerprint density at radius 2 is 2.00 bits per heavy atom. The number of aromatic nitrogens is 3. The lowest BCUT2D eigenvalue weighted by Crippen LogP contribution is -2.37. The van der Waals surface area contributed by atoms with Crippen molar-refractivity contribution in [1.82, 2.24) is 15.0 Å². The van der Waals surface area contributed by atoms with Gasteiger partial charge in [0.2, 0.25) is 0 Å². The Morgan fingerprint density at radius 3 is 2.63 bits per heavy atom. The average Bonchev–Trinajstić information content (AvgIpc) is 3.12. The van der Waals surface area contributed by atoms with Crippen molar-refractivity contribution >= 4 is 23.2 Å². The number of hydrogen-bond donors (Lipinski definition) is 0. The highest BCUT2D eigenvalue weighted by Gasteiger charge is 2.24. The molecular weight excluding hydrogens is 371 g/mol. The zero-order chi connectivity index (χ0) is 19.6. The molecule has 0 spiro atoms. The van der Waals surface area contributed by atoms with E-state index in [1.165, 1.54) is 35.0 Å². The molecule has 3 rings (SSSR count). The number of nitrogens with zero attached hydrogens (tertiary/aromatic N) is 4. The molecule has 0 atom stereocenters. The molecule has 0 unspecified atom stereocenters. The summed E-state index contributed by atoms with van der Waals surface area (Å²) in [7, 11) is 1.39. The molecule has 0 aliphatic rings. The lowest BCUT2D eigenvalue weighted by molar-refractivity contribution is 0.0975. The largest absolute Gasteiger partial charge is 0.494 e. The predicted molar refractivity (Wildman–Crippen MR) is 101 cm³/mol. The van der Waals surface area contributed by atoms with Gasteiger partial charge in [0.25, 0.3) is 5.91 Å². The fourth-order valence-electron chi connectivity index (χ4n) is 2.70. The SMILES string of the molecule is COc1ccc(N(C(=O)c2cn(-c3ccccc3Cl)nn2)C(C)C)cc1F. The minimum atomic E-state index is -0.548. The summed E-state index contributed by atoms with van der Waals surface area (Å²) in [6.07, 6.45) is 1.50. The maximum absolute atomic E-state index is 14.1. The maximum Gasteiger partial charge on any atom is 0.280 e. The predicted octanol–water partition coefficient (Wildman–Crippen LogP) is 4.12. The summed E-state index contributed by atoms with van der Waals surface area (Å²) >= 11 is 6.16. The normalized spacial score (nSPS) is 10.9. The van der Waals surface area contributed by atoms with Crippen LogP contribution < -0.4 is 9.64 Å². The van der Waals surface area contributed by atoms with Crippen molar-refractivity contribution in [2.75, 3.05) is 12.0 Å². The third-order valence-electron chi connectivity index (χ3n) is 3.96. The highest BCUT2D eigenvalue weighted by atomic mass is 35.5. The topological polar surface area (TPSA) is 60.2 Å². The van der Waals surface area contributed by atoms with Gasteiger partial charge in [0.05, 0.1) is 24.0 Å². The molecule has 27 heavy (non-hydrogen) atoms. The molecule has 140 valence electrons. The summed E-state index contributed by atoms with van der Waals surface area (Å²) in [4.78, 5) is 14.5. The molecule has 0 saturated heterocycles. The molecule has 0 fully saturated rings. The van der Waals surface area contributed by atoms with E-state index in [4.69, 9.17) is 16.3 Å². The van der Waals surface area contributed by atoms with E-state index in [-0.39, 0.29) is 17.5 Å². The molecule has 1 aromatic heterocycles. The van der Waals surface area contributed by atoms with Gasteiger partial charge < -0.3 is 9.64 Å². The first-order valence-corrected chi connectivity index (χ1v) is 8.64. The van der Waals surface area contributed by atoms with E-state index in [1.54, 1.807) is 24.3 Å². The van der Waals surface area contributed by atoms with Crippen LogP contribution in [0.5, 0.6) is 5.75 Å². The van der Waals surface area contributed by atoms with E-state index >= 15 is 0 Å². The maximum atomic E-state index is 14.1. The Labute approximate surface area is 161 Å². The van der Waals surface area contributed by atoms with Crippen LogP contribution in [0.2, 0.25) is 5.02 Å². The van der Waals surface area contributed by atoms with Crippen molar-refractivity contribution in [1.29, 1.82) is 0 Å². The van der Waals surface area contributed by atoms with Gasteiger partial charge in [-0.2, -0.15) is 0 Å². The van der Waals surface area contributed by atoms with Gasteiger partial charge >= 0.3 is 0 Å². The Hall–Kier alpha value is -2.93. The van der Waals surface area contributed by atoms with E-state index in [9.17, 15) is 9.18 Å². The number of amides is 1. The van der Waals surface area contributed by atoms with Gasteiger partial charge in [-0.25, -0.2) is 9.07 Å². The average molecular weight is 389 g/mol. The second-order valence-corrected chi connectivity index (χ2v) is 6.49. The van der Waals surface area contributed by atoms with E-state index in [0.717, 1.165) is 0 Å². The van der Waals surface area contributed by atoms with Gasteiger partial charge in [-0.3, -0.25) is 4.79 Å². The number of para-hydroxylation sites is 1. The monoisotopic (exact) mass is 388 g/mol. The molecular formula is C19H18ClFN4O2. The van der Waals surface area contributed by atoms with Gasteiger partial charge in [-0.05, 0) is 38.1 Å². The molecule has 0 aliphatic carbocycles. The van der Waals surface area contributed by atoms with Crippen LogP contribution in [0.1, 0.15) is 24.3 Å². The number of halogens is 2. The second-order valence-electron chi connectivity index (χ2n) is 6.09.